The summed E-state index contributed by atoms with van der Waals surface area (Å²) in [6.45, 7) is 0. The zero-order valence-electron chi connectivity index (χ0n) is 9.41. The Morgan fingerprint density at radius 3 is 2.94 bits per heavy atom. The number of para-hydroxylation sites is 1. The summed E-state index contributed by atoms with van der Waals surface area (Å²) >= 11 is 0. The van der Waals surface area contributed by atoms with Gasteiger partial charge in [0.1, 0.15) is 11.8 Å². The maximum atomic E-state index is 11.2. The minimum absolute atomic E-state index is 0.183. The Labute approximate surface area is 101 Å². The fourth-order valence-corrected chi connectivity index (χ4v) is 1.65. The average molecular weight is 244 g/mol. The number of methoxy groups -OCH3 is 1. The molecular weight excluding hydrogens is 236 g/mol. The molecule has 0 fully saturated rings. The van der Waals surface area contributed by atoms with Crippen LogP contribution in [0, 0.1) is 0 Å². The highest BCUT2D eigenvalue weighted by atomic mass is 16.5. The van der Waals surface area contributed by atoms with Crippen molar-refractivity contribution in [2.24, 2.45) is 0 Å². The molecule has 0 aliphatic heterocycles. The van der Waals surface area contributed by atoms with Gasteiger partial charge in [0, 0.05) is 5.39 Å². The lowest BCUT2D eigenvalue weighted by atomic mass is 10.2. The molecule has 3 aromatic rings. The van der Waals surface area contributed by atoms with Gasteiger partial charge < -0.3 is 13.6 Å². The Morgan fingerprint density at radius 1 is 1.28 bits per heavy atom. The van der Waals surface area contributed by atoms with E-state index in [0.29, 0.717) is 11.1 Å². The molecule has 0 bridgehead atoms. The molecule has 0 spiro atoms. The fourth-order valence-electron chi connectivity index (χ4n) is 1.65. The third-order valence-electron chi connectivity index (χ3n) is 2.50. The molecule has 0 amide bonds. The number of carbonyl (C=O) groups excluding carboxylic acids is 1. The molecule has 6 nitrogen and oxygen atoms in total. The van der Waals surface area contributed by atoms with E-state index in [0.717, 1.165) is 5.39 Å². The summed E-state index contributed by atoms with van der Waals surface area (Å²) in [6.07, 6.45) is 1.51. The Balaban J connectivity index is 2.09. The fraction of sp³-hybridized carbons (Fsp3) is 0.0833. The Hall–Kier alpha value is -2.63. The van der Waals surface area contributed by atoms with Crippen LogP contribution in [0.2, 0.25) is 0 Å². The molecule has 2 aromatic heterocycles. The largest absolute Gasteiger partial charge is 0.463 e. The van der Waals surface area contributed by atoms with Crippen molar-refractivity contribution in [3.8, 4) is 11.5 Å². The van der Waals surface area contributed by atoms with Crippen LogP contribution < -0.4 is 0 Å². The number of hydrogen-bond donors (Lipinski definition) is 0. The van der Waals surface area contributed by atoms with Crippen molar-refractivity contribution in [1.29, 1.82) is 0 Å². The minimum atomic E-state index is -0.665. The highest BCUT2D eigenvalue weighted by Gasteiger charge is 2.18. The zero-order valence-corrected chi connectivity index (χ0v) is 9.41. The van der Waals surface area contributed by atoms with E-state index >= 15 is 0 Å². The van der Waals surface area contributed by atoms with Crippen LogP contribution in [-0.4, -0.2) is 23.3 Å². The maximum Gasteiger partial charge on any atom is 0.396 e. The van der Waals surface area contributed by atoms with Gasteiger partial charge in [0.2, 0.25) is 0 Å². The second-order valence-electron chi connectivity index (χ2n) is 3.55. The lowest BCUT2D eigenvalue weighted by Crippen LogP contribution is -2.00. The number of furan rings is 1. The molecule has 0 aliphatic rings. The molecule has 0 radical (unpaired) electrons. The monoisotopic (exact) mass is 244 g/mol. The number of fused-ring (bicyclic) bond motifs is 1. The van der Waals surface area contributed by atoms with E-state index in [4.69, 9.17) is 8.83 Å². The third kappa shape index (κ3) is 1.55. The van der Waals surface area contributed by atoms with Gasteiger partial charge in [-0.1, -0.05) is 18.2 Å². The van der Waals surface area contributed by atoms with Gasteiger partial charge in [-0.3, -0.25) is 0 Å². The van der Waals surface area contributed by atoms with Crippen molar-refractivity contribution in [2.75, 3.05) is 7.11 Å². The van der Waals surface area contributed by atoms with Crippen molar-refractivity contribution >= 4 is 16.9 Å². The first-order valence-corrected chi connectivity index (χ1v) is 5.18. The molecule has 18 heavy (non-hydrogen) atoms. The summed E-state index contributed by atoms with van der Waals surface area (Å²) in [5, 5.41) is 8.26. The van der Waals surface area contributed by atoms with Crippen LogP contribution in [0.3, 0.4) is 0 Å². The van der Waals surface area contributed by atoms with Gasteiger partial charge in [-0.2, -0.15) is 0 Å². The predicted octanol–water partition coefficient (Wildman–Crippen LogP) is 2.27. The second kappa shape index (κ2) is 3.99. The number of benzene rings is 1. The number of aromatic nitrogens is 2. The van der Waals surface area contributed by atoms with Crippen LogP contribution in [-0.2, 0) is 4.74 Å². The summed E-state index contributed by atoms with van der Waals surface area (Å²) in [7, 11) is 1.25. The van der Waals surface area contributed by atoms with Gasteiger partial charge in [0.25, 0.3) is 5.89 Å². The van der Waals surface area contributed by atoms with Crippen molar-refractivity contribution < 1.29 is 18.4 Å². The Kier molecular flexibility index (Phi) is 2.33. The smallest absolute Gasteiger partial charge is 0.396 e. The van der Waals surface area contributed by atoms with Crippen molar-refractivity contribution in [1.82, 2.24) is 10.2 Å². The first-order chi connectivity index (χ1) is 8.79. The molecule has 6 heteroatoms. The van der Waals surface area contributed by atoms with E-state index in [1.807, 2.05) is 24.3 Å². The summed E-state index contributed by atoms with van der Waals surface area (Å²) < 4.78 is 15.1. The number of ether oxygens (including phenoxy) is 1. The topological polar surface area (TPSA) is 78.4 Å². The van der Waals surface area contributed by atoms with E-state index < -0.39 is 5.97 Å². The highest BCUT2D eigenvalue weighted by Crippen LogP contribution is 2.29. The van der Waals surface area contributed by atoms with Gasteiger partial charge >= 0.3 is 11.9 Å². The van der Waals surface area contributed by atoms with Gasteiger partial charge in [0.05, 0.1) is 12.7 Å². The summed E-state index contributed by atoms with van der Waals surface area (Å²) in [6, 6.07) is 7.44. The van der Waals surface area contributed by atoms with Gasteiger partial charge in [-0.25, -0.2) is 4.79 Å². The van der Waals surface area contributed by atoms with Crippen molar-refractivity contribution in [3.05, 3.63) is 36.4 Å². The summed E-state index contributed by atoms with van der Waals surface area (Å²) in [5.41, 5.74) is 1.36. The van der Waals surface area contributed by atoms with E-state index in [2.05, 4.69) is 14.9 Å². The normalized spacial score (nSPS) is 10.7. The number of rotatable bonds is 2. The number of nitrogens with zero attached hydrogens (tertiary/aromatic N) is 2. The molecule has 0 unspecified atom stereocenters. The molecule has 0 saturated heterocycles. The van der Waals surface area contributed by atoms with E-state index in [9.17, 15) is 4.79 Å². The standard InChI is InChI=1S/C12H8N2O4/c1-16-12(15)11-14-13-10(18-11)8-6-17-9-5-3-2-4-7(8)9/h2-6H,1H3. The first-order valence-electron chi connectivity index (χ1n) is 5.18. The van der Waals surface area contributed by atoms with Crippen LogP contribution in [0.4, 0.5) is 0 Å². The minimum Gasteiger partial charge on any atom is -0.463 e. The summed E-state index contributed by atoms with van der Waals surface area (Å²) in [4.78, 5) is 11.2. The first kappa shape index (κ1) is 10.5. The van der Waals surface area contributed by atoms with Crippen LogP contribution in [0.1, 0.15) is 10.7 Å². The average Bonchev–Trinajstić information content (AvgIpc) is 3.03. The SMILES string of the molecule is COC(=O)c1nnc(-c2coc3ccccc23)o1. The van der Waals surface area contributed by atoms with Crippen LogP contribution in [0.5, 0.6) is 0 Å². The molecule has 0 atom stereocenters. The second-order valence-corrected chi connectivity index (χ2v) is 3.55. The van der Waals surface area contributed by atoms with Gasteiger partial charge in [-0.15, -0.1) is 10.2 Å². The van der Waals surface area contributed by atoms with Crippen LogP contribution >= 0.6 is 0 Å². The Bertz CT molecular complexity index is 714. The van der Waals surface area contributed by atoms with E-state index in [1.165, 1.54) is 13.4 Å². The third-order valence-corrected chi connectivity index (χ3v) is 2.50. The lowest BCUT2D eigenvalue weighted by molar-refractivity contribution is 0.0556. The highest BCUT2D eigenvalue weighted by molar-refractivity contribution is 5.92. The number of hydrogen-bond acceptors (Lipinski definition) is 6. The van der Waals surface area contributed by atoms with Crippen LogP contribution in [0.15, 0.2) is 39.4 Å². The maximum absolute atomic E-state index is 11.2. The van der Waals surface area contributed by atoms with E-state index in [1.54, 1.807) is 0 Å². The summed E-state index contributed by atoms with van der Waals surface area (Å²) in [5.74, 6) is -0.625. The van der Waals surface area contributed by atoms with Crippen molar-refractivity contribution in [3.63, 3.8) is 0 Å². The zero-order chi connectivity index (χ0) is 12.5. The van der Waals surface area contributed by atoms with Crippen molar-refractivity contribution in [2.45, 2.75) is 0 Å². The molecule has 0 N–H and O–H groups in total. The quantitative estimate of drug-likeness (QED) is 0.643. The van der Waals surface area contributed by atoms with Gasteiger partial charge in [-0.05, 0) is 6.07 Å². The predicted molar refractivity (Wildman–Crippen MR) is 60.8 cm³/mol. The number of carbonyl (C=O) groups is 1. The molecule has 2 heterocycles. The van der Waals surface area contributed by atoms with Gasteiger partial charge in [0.15, 0.2) is 0 Å². The van der Waals surface area contributed by atoms with E-state index in [-0.39, 0.29) is 11.8 Å². The lowest BCUT2D eigenvalue weighted by Gasteiger charge is -1.91. The molecule has 1 aromatic carbocycles. The molecule has 3 rings (SSSR count). The molecule has 90 valence electrons. The number of esters is 1. The molecule has 0 aliphatic carbocycles. The van der Waals surface area contributed by atoms with Crippen LogP contribution in [0.25, 0.3) is 22.4 Å². The Morgan fingerprint density at radius 2 is 2.11 bits per heavy atom. The molecule has 0 saturated carbocycles. The molecular formula is C12H8N2O4.